The number of nitrogens with zero attached hydrogens (tertiary/aromatic N) is 3. The first-order valence-electron chi connectivity index (χ1n) is 8.19. The summed E-state index contributed by atoms with van der Waals surface area (Å²) in [4.78, 5) is 27.4. The van der Waals surface area contributed by atoms with Gasteiger partial charge in [-0.3, -0.25) is 4.79 Å². The summed E-state index contributed by atoms with van der Waals surface area (Å²) in [6, 6.07) is 9.30. The molecule has 0 bridgehead atoms. The number of carbonyl (C=O) groups excluding carboxylic acids is 2. The molecular weight excluding hydrogens is 320 g/mol. The molecule has 1 N–H and O–H groups in total. The number of ether oxygens (including phenoxy) is 1. The molecule has 1 aromatic carbocycles. The van der Waals surface area contributed by atoms with Gasteiger partial charge in [0.15, 0.2) is 0 Å². The molecule has 0 aromatic heterocycles. The summed E-state index contributed by atoms with van der Waals surface area (Å²) >= 11 is 0. The molecule has 1 aliphatic heterocycles. The summed E-state index contributed by atoms with van der Waals surface area (Å²) in [5.74, 6) is -0.445. The van der Waals surface area contributed by atoms with Gasteiger partial charge in [0.2, 0.25) is 0 Å². The lowest BCUT2D eigenvalue weighted by Crippen LogP contribution is -2.47. The molecule has 0 aliphatic carbocycles. The van der Waals surface area contributed by atoms with Crippen LogP contribution in [-0.4, -0.2) is 54.6 Å². The van der Waals surface area contributed by atoms with Crippen LogP contribution in [0.2, 0.25) is 0 Å². The predicted octanol–water partition coefficient (Wildman–Crippen LogP) is 2.12. The lowest BCUT2D eigenvalue weighted by atomic mass is 10.2. The quantitative estimate of drug-likeness (QED) is 0.669. The van der Waals surface area contributed by atoms with E-state index in [0.717, 1.165) is 5.56 Å². The van der Waals surface area contributed by atoms with E-state index in [-0.39, 0.29) is 11.7 Å². The molecule has 1 heterocycles. The van der Waals surface area contributed by atoms with Crippen molar-refractivity contribution in [3.05, 3.63) is 41.6 Å². The Bertz CT molecular complexity index is 683. The van der Waals surface area contributed by atoms with E-state index in [9.17, 15) is 14.9 Å². The van der Waals surface area contributed by atoms with Crippen molar-refractivity contribution < 1.29 is 14.3 Å². The second-order valence-electron chi connectivity index (χ2n) is 5.70. The molecule has 0 radical (unpaired) electrons. The van der Waals surface area contributed by atoms with Crippen LogP contribution in [0.1, 0.15) is 12.5 Å². The summed E-state index contributed by atoms with van der Waals surface area (Å²) in [5, 5.41) is 12.0. The Labute approximate surface area is 147 Å². The summed E-state index contributed by atoms with van der Waals surface area (Å²) in [7, 11) is 0. The van der Waals surface area contributed by atoms with E-state index in [4.69, 9.17) is 4.74 Å². The van der Waals surface area contributed by atoms with E-state index in [1.165, 1.54) is 0 Å². The second kappa shape index (κ2) is 8.73. The van der Waals surface area contributed by atoms with Crippen molar-refractivity contribution in [2.24, 2.45) is 0 Å². The molecule has 1 aliphatic rings. The van der Waals surface area contributed by atoms with Crippen molar-refractivity contribution in [1.82, 2.24) is 9.80 Å². The molecule has 2 rings (SSSR count). The highest BCUT2D eigenvalue weighted by molar-refractivity contribution is 6.06. The van der Waals surface area contributed by atoms with E-state index in [1.807, 2.05) is 30.0 Å². The normalized spacial score (nSPS) is 14.7. The van der Waals surface area contributed by atoms with Crippen molar-refractivity contribution in [2.75, 3.05) is 38.1 Å². The van der Waals surface area contributed by atoms with Crippen molar-refractivity contribution in [3.8, 4) is 6.07 Å². The Morgan fingerprint density at radius 3 is 2.44 bits per heavy atom. The molecule has 7 nitrogen and oxygen atoms in total. The maximum Gasteiger partial charge on any atom is 0.409 e. The topological polar surface area (TPSA) is 85.7 Å². The first-order chi connectivity index (χ1) is 12.0. The Morgan fingerprint density at radius 2 is 1.88 bits per heavy atom. The molecule has 0 saturated carbocycles. The largest absolute Gasteiger partial charge is 0.450 e. The number of nitriles is 1. The third kappa shape index (κ3) is 5.24. The molecule has 0 spiro atoms. The van der Waals surface area contributed by atoms with Crippen LogP contribution >= 0.6 is 0 Å². The number of amides is 2. The van der Waals surface area contributed by atoms with Gasteiger partial charge in [0.25, 0.3) is 5.91 Å². The average Bonchev–Trinajstić information content (AvgIpc) is 2.62. The number of anilines is 1. The monoisotopic (exact) mass is 342 g/mol. The average molecular weight is 342 g/mol. The fourth-order valence-electron chi connectivity index (χ4n) is 2.40. The predicted molar refractivity (Wildman–Crippen MR) is 93.7 cm³/mol. The third-order valence-corrected chi connectivity index (χ3v) is 3.83. The number of hydrogen-bond donors (Lipinski definition) is 1. The molecule has 7 heteroatoms. The van der Waals surface area contributed by atoms with Crippen LogP contribution in [0.25, 0.3) is 0 Å². The van der Waals surface area contributed by atoms with Crippen LogP contribution in [-0.2, 0) is 9.53 Å². The van der Waals surface area contributed by atoms with Crippen LogP contribution in [0.15, 0.2) is 36.0 Å². The van der Waals surface area contributed by atoms with Gasteiger partial charge in [0.05, 0.1) is 6.61 Å². The van der Waals surface area contributed by atoms with Gasteiger partial charge in [-0.05, 0) is 26.0 Å². The van der Waals surface area contributed by atoms with Gasteiger partial charge in [0, 0.05) is 38.1 Å². The maximum atomic E-state index is 12.2. The van der Waals surface area contributed by atoms with Crippen molar-refractivity contribution in [3.63, 3.8) is 0 Å². The number of nitrogens with one attached hydrogen (secondary N) is 1. The summed E-state index contributed by atoms with van der Waals surface area (Å²) in [6.07, 6.45) is 1.22. The highest BCUT2D eigenvalue weighted by Crippen LogP contribution is 2.11. The SMILES string of the molecule is CCOC(=O)N1CCN(/C=C(/C#N)C(=O)Nc2ccc(C)cc2)CC1. The van der Waals surface area contributed by atoms with E-state index in [2.05, 4.69) is 5.32 Å². The van der Waals surface area contributed by atoms with Crippen LogP contribution in [0.4, 0.5) is 10.5 Å². The summed E-state index contributed by atoms with van der Waals surface area (Å²) < 4.78 is 4.97. The van der Waals surface area contributed by atoms with Crippen LogP contribution in [0, 0.1) is 18.3 Å². The molecule has 2 amide bonds. The molecular formula is C18H22N4O3. The number of rotatable bonds is 4. The summed E-state index contributed by atoms with van der Waals surface area (Å²) in [5.41, 5.74) is 1.77. The zero-order chi connectivity index (χ0) is 18.2. The van der Waals surface area contributed by atoms with Crippen LogP contribution in [0.5, 0.6) is 0 Å². The first-order valence-corrected chi connectivity index (χ1v) is 8.19. The minimum absolute atomic E-state index is 0.0326. The smallest absolute Gasteiger partial charge is 0.409 e. The Morgan fingerprint density at radius 1 is 1.24 bits per heavy atom. The van der Waals surface area contributed by atoms with Gasteiger partial charge in [-0.1, -0.05) is 17.7 Å². The molecule has 25 heavy (non-hydrogen) atoms. The van der Waals surface area contributed by atoms with Crippen LogP contribution < -0.4 is 5.32 Å². The minimum atomic E-state index is -0.445. The Balaban J connectivity index is 1.94. The fourth-order valence-corrected chi connectivity index (χ4v) is 2.40. The maximum absolute atomic E-state index is 12.2. The highest BCUT2D eigenvalue weighted by Gasteiger charge is 2.21. The Kier molecular flexibility index (Phi) is 6.40. The number of aryl methyl sites for hydroxylation is 1. The van der Waals surface area contributed by atoms with Gasteiger partial charge >= 0.3 is 6.09 Å². The van der Waals surface area contributed by atoms with Crippen molar-refractivity contribution in [1.29, 1.82) is 5.26 Å². The number of piperazine rings is 1. The molecule has 0 unspecified atom stereocenters. The fraction of sp³-hybridized carbons (Fsp3) is 0.389. The number of hydrogen-bond acceptors (Lipinski definition) is 5. The van der Waals surface area contributed by atoms with E-state index in [0.29, 0.717) is 38.5 Å². The highest BCUT2D eigenvalue weighted by atomic mass is 16.6. The zero-order valence-corrected chi connectivity index (χ0v) is 14.5. The van der Waals surface area contributed by atoms with E-state index < -0.39 is 5.91 Å². The lowest BCUT2D eigenvalue weighted by Gasteiger charge is -2.33. The molecule has 132 valence electrons. The summed E-state index contributed by atoms with van der Waals surface area (Å²) in [6.45, 7) is 6.15. The molecule has 1 aromatic rings. The minimum Gasteiger partial charge on any atom is -0.450 e. The Hall–Kier alpha value is -3.01. The van der Waals surface area contributed by atoms with Gasteiger partial charge in [-0.15, -0.1) is 0 Å². The van der Waals surface area contributed by atoms with E-state index in [1.54, 1.807) is 30.2 Å². The van der Waals surface area contributed by atoms with Gasteiger partial charge in [-0.25, -0.2) is 4.79 Å². The molecule has 1 saturated heterocycles. The van der Waals surface area contributed by atoms with Crippen LogP contribution in [0.3, 0.4) is 0 Å². The second-order valence-corrected chi connectivity index (χ2v) is 5.70. The van der Waals surface area contributed by atoms with E-state index >= 15 is 0 Å². The van der Waals surface area contributed by atoms with Crippen molar-refractivity contribution in [2.45, 2.75) is 13.8 Å². The lowest BCUT2D eigenvalue weighted by molar-refractivity contribution is -0.112. The standard InChI is InChI=1S/C18H22N4O3/c1-3-25-18(24)22-10-8-21(9-11-22)13-15(12-19)17(23)20-16-6-4-14(2)5-7-16/h4-7,13H,3,8-11H2,1-2H3,(H,20,23)/b15-13-. The van der Waals surface area contributed by atoms with Gasteiger partial charge < -0.3 is 19.9 Å². The van der Waals surface area contributed by atoms with Gasteiger partial charge in [0.1, 0.15) is 11.6 Å². The third-order valence-electron chi connectivity index (χ3n) is 3.83. The molecule has 0 atom stereocenters. The molecule has 1 fully saturated rings. The zero-order valence-electron chi connectivity index (χ0n) is 14.5. The van der Waals surface area contributed by atoms with Crippen molar-refractivity contribution >= 4 is 17.7 Å². The van der Waals surface area contributed by atoms with Gasteiger partial charge in [-0.2, -0.15) is 5.26 Å². The first kappa shape index (κ1) is 18.3. The number of benzene rings is 1. The number of carbonyl (C=O) groups is 2.